The molecule has 0 spiro atoms. The lowest BCUT2D eigenvalue weighted by Gasteiger charge is -2.19. The molecule has 34 heavy (non-hydrogen) atoms. The van der Waals surface area contributed by atoms with Gasteiger partial charge >= 0.3 is 6.09 Å². The monoisotopic (exact) mass is 457 g/mol. The van der Waals surface area contributed by atoms with E-state index in [0.717, 1.165) is 22.3 Å². The van der Waals surface area contributed by atoms with Gasteiger partial charge in [-0.05, 0) is 39.9 Å². The molecule has 1 heterocycles. The van der Waals surface area contributed by atoms with Crippen LogP contribution >= 0.6 is 0 Å². The summed E-state index contributed by atoms with van der Waals surface area (Å²) in [7, 11) is 0. The van der Waals surface area contributed by atoms with Crippen molar-refractivity contribution >= 4 is 17.1 Å². The summed E-state index contributed by atoms with van der Waals surface area (Å²) in [4.78, 5) is 24.3. The largest absolute Gasteiger partial charge is 0.464 e. The molecule has 0 bridgehead atoms. The average Bonchev–Trinajstić information content (AvgIpc) is 3.19. The highest BCUT2D eigenvalue weighted by atomic mass is 16.5. The second-order valence-corrected chi connectivity index (χ2v) is 8.26. The normalized spacial score (nSPS) is 14.3. The van der Waals surface area contributed by atoms with E-state index in [0.29, 0.717) is 16.5 Å². The van der Waals surface area contributed by atoms with Gasteiger partial charge < -0.3 is 24.7 Å². The van der Waals surface area contributed by atoms with Crippen LogP contribution in [-0.2, 0) is 4.74 Å². The smallest absolute Gasteiger partial charge is 0.407 e. The van der Waals surface area contributed by atoms with E-state index in [4.69, 9.17) is 9.15 Å². The molecule has 0 saturated heterocycles. The van der Waals surface area contributed by atoms with Gasteiger partial charge in [-0.25, -0.2) is 4.79 Å². The van der Waals surface area contributed by atoms with Crippen LogP contribution in [0, 0.1) is 0 Å². The van der Waals surface area contributed by atoms with Crippen LogP contribution in [-0.4, -0.2) is 35.6 Å². The summed E-state index contributed by atoms with van der Waals surface area (Å²) in [6, 6.07) is 22.0. The fraction of sp³-hybridized carbons (Fsp3) is 0.185. The molecule has 5 rings (SSSR count). The van der Waals surface area contributed by atoms with Gasteiger partial charge in [0.1, 0.15) is 24.4 Å². The predicted molar refractivity (Wildman–Crippen MR) is 127 cm³/mol. The van der Waals surface area contributed by atoms with Gasteiger partial charge in [-0.1, -0.05) is 54.6 Å². The summed E-state index contributed by atoms with van der Waals surface area (Å²) < 4.78 is 10.7. The number of nitrogens with one attached hydrogen (secondary N) is 1. The number of carbonyl (C=O) groups is 1. The second kappa shape index (κ2) is 9.13. The summed E-state index contributed by atoms with van der Waals surface area (Å²) in [5.41, 5.74) is 4.95. The maximum Gasteiger partial charge on any atom is 0.407 e. The Bertz CT molecular complexity index is 1370. The molecular weight excluding hydrogens is 434 g/mol. The summed E-state index contributed by atoms with van der Waals surface area (Å²) in [6.45, 7) is -0.0712. The maximum atomic E-state index is 12.3. The number of carbonyl (C=O) groups excluding carboxylic acids is 1. The van der Waals surface area contributed by atoms with Gasteiger partial charge in [0, 0.05) is 18.5 Å². The van der Waals surface area contributed by atoms with Crippen molar-refractivity contribution in [2.24, 2.45) is 0 Å². The van der Waals surface area contributed by atoms with Crippen LogP contribution in [0.4, 0.5) is 4.79 Å². The third-order valence-electron chi connectivity index (χ3n) is 6.19. The first kappa shape index (κ1) is 21.9. The third kappa shape index (κ3) is 4.07. The number of fused-ring (bicyclic) bond motifs is 4. The Morgan fingerprint density at radius 1 is 0.971 bits per heavy atom. The summed E-state index contributed by atoms with van der Waals surface area (Å²) in [6.07, 6.45) is -1.99. The fourth-order valence-electron chi connectivity index (χ4n) is 4.46. The standard InChI is InChI=1S/C27H23NO6/c29-23-11-12-33-25-10-9-16(13-21(23)25)26(31)24(30)14-28-27(32)34-15-22-19-7-3-1-5-17(19)18-6-2-4-8-20(18)22/h1-13,22,24,26,30-31H,14-15H2,(H,28,32). The van der Waals surface area contributed by atoms with E-state index >= 15 is 0 Å². The number of aliphatic hydroxyl groups is 2. The number of hydrogen-bond donors (Lipinski definition) is 3. The Morgan fingerprint density at radius 2 is 1.65 bits per heavy atom. The van der Waals surface area contributed by atoms with Crippen LogP contribution in [0.1, 0.15) is 28.7 Å². The molecule has 1 aliphatic carbocycles. The van der Waals surface area contributed by atoms with Gasteiger partial charge in [-0.3, -0.25) is 4.79 Å². The molecule has 1 aromatic heterocycles. The SMILES string of the molecule is O=C(NCC(O)C(O)c1ccc2occc(=O)c2c1)OCC1c2ccccc2-c2ccccc21. The van der Waals surface area contributed by atoms with Crippen molar-refractivity contribution in [2.45, 2.75) is 18.1 Å². The minimum Gasteiger partial charge on any atom is -0.464 e. The highest BCUT2D eigenvalue weighted by Gasteiger charge is 2.29. The molecule has 3 aromatic carbocycles. The minimum absolute atomic E-state index is 0.0713. The third-order valence-corrected chi connectivity index (χ3v) is 6.19. The zero-order valence-electron chi connectivity index (χ0n) is 18.2. The number of hydrogen-bond acceptors (Lipinski definition) is 6. The molecule has 4 aromatic rings. The second-order valence-electron chi connectivity index (χ2n) is 8.26. The molecule has 0 fully saturated rings. The van der Waals surface area contributed by atoms with E-state index in [9.17, 15) is 19.8 Å². The first-order chi connectivity index (χ1) is 16.5. The molecule has 2 unspecified atom stereocenters. The van der Waals surface area contributed by atoms with E-state index in [1.54, 1.807) is 12.1 Å². The molecule has 7 heteroatoms. The fourth-order valence-corrected chi connectivity index (χ4v) is 4.46. The van der Waals surface area contributed by atoms with Crippen LogP contribution in [0.15, 0.2) is 88.3 Å². The van der Waals surface area contributed by atoms with Crippen molar-refractivity contribution < 1.29 is 24.2 Å². The van der Waals surface area contributed by atoms with Crippen LogP contribution in [0.3, 0.4) is 0 Å². The number of ether oxygens (including phenoxy) is 1. The Balaban J connectivity index is 1.20. The lowest BCUT2D eigenvalue weighted by Crippen LogP contribution is -2.36. The Kier molecular flexibility index (Phi) is 5.88. The van der Waals surface area contributed by atoms with E-state index in [-0.39, 0.29) is 24.5 Å². The first-order valence-corrected chi connectivity index (χ1v) is 11.0. The molecule has 0 aliphatic heterocycles. The molecule has 1 aliphatic rings. The number of aliphatic hydroxyl groups excluding tert-OH is 2. The van der Waals surface area contributed by atoms with Crippen LogP contribution in [0.2, 0.25) is 0 Å². The van der Waals surface area contributed by atoms with Crippen LogP contribution in [0.25, 0.3) is 22.1 Å². The average molecular weight is 457 g/mol. The van der Waals surface area contributed by atoms with Gasteiger partial charge in [0.15, 0.2) is 5.43 Å². The number of alkyl carbamates (subject to hydrolysis) is 1. The lowest BCUT2D eigenvalue weighted by molar-refractivity contribution is 0.0186. The zero-order valence-corrected chi connectivity index (χ0v) is 18.2. The van der Waals surface area contributed by atoms with Gasteiger partial charge in [-0.15, -0.1) is 0 Å². The molecule has 3 N–H and O–H groups in total. The molecule has 172 valence electrons. The van der Waals surface area contributed by atoms with Crippen molar-refractivity contribution in [3.8, 4) is 11.1 Å². The topological polar surface area (TPSA) is 109 Å². The summed E-state index contributed by atoms with van der Waals surface area (Å²) in [5, 5.41) is 23.7. The summed E-state index contributed by atoms with van der Waals surface area (Å²) in [5.74, 6) is -0.0713. The molecule has 0 saturated carbocycles. The quantitative estimate of drug-likeness (QED) is 0.407. The van der Waals surface area contributed by atoms with Crippen molar-refractivity contribution in [3.63, 3.8) is 0 Å². The lowest BCUT2D eigenvalue weighted by atomic mass is 9.98. The molecule has 0 radical (unpaired) electrons. The Hall–Kier alpha value is -3.94. The minimum atomic E-state index is -1.31. The van der Waals surface area contributed by atoms with Gasteiger partial charge in [0.05, 0.1) is 11.6 Å². The van der Waals surface area contributed by atoms with Crippen molar-refractivity contribution in [3.05, 3.63) is 106 Å². The van der Waals surface area contributed by atoms with E-state index in [1.807, 2.05) is 36.4 Å². The van der Waals surface area contributed by atoms with E-state index in [1.165, 1.54) is 18.4 Å². The van der Waals surface area contributed by atoms with E-state index in [2.05, 4.69) is 17.4 Å². The zero-order chi connectivity index (χ0) is 23.7. The molecular formula is C27H23NO6. The van der Waals surface area contributed by atoms with Crippen molar-refractivity contribution in [1.82, 2.24) is 5.32 Å². The van der Waals surface area contributed by atoms with Crippen LogP contribution < -0.4 is 10.7 Å². The van der Waals surface area contributed by atoms with Crippen molar-refractivity contribution in [2.75, 3.05) is 13.2 Å². The van der Waals surface area contributed by atoms with Gasteiger partial charge in [-0.2, -0.15) is 0 Å². The Morgan fingerprint density at radius 3 is 2.35 bits per heavy atom. The summed E-state index contributed by atoms with van der Waals surface area (Å²) >= 11 is 0. The number of rotatable bonds is 6. The maximum absolute atomic E-state index is 12.3. The molecule has 1 amide bonds. The highest BCUT2D eigenvalue weighted by Crippen LogP contribution is 2.44. The van der Waals surface area contributed by atoms with Gasteiger partial charge in [0.2, 0.25) is 0 Å². The number of benzene rings is 3. The number of amides is 1. The van der Waals surface area contributed by atoms with E-state index < -0.39 is 18.3 Å². The highest BCUT2D eigenvalue weighted by molar-refractivity contribution is 5.79. The Labute approximate surface area is 195 Å². The van der Waals surface area contributed by atoms with Crippen LogP contribution in [0.5, 0.6) is 0 Å². The molecule has 7 nitrogen and oxygen atoms in total. The van der Waals surface area contributed by atoms with Crippen molar-refractivity contribution in [1.29, 1.82) is 0 Å². The molecule has 2 atom stereocenters. The predicted octanol–water partition coefficient (Wildman–Crippen LogP) is 3.73. The van der Waals surface area contributed by atoms with Gasteiger partial charge in [0.25, 0.3) is 0 Å². The first-order valence-electron chi connectivity index (χ1n) is 11.0.